The van der Waals surface area contributed by atoms with E-state index in [1.54, 1.807) is 0 Å². The van der Waals surface area contributed by atoms with E-state index in [2.05, 4.69) is 167 Å². The Morgan fingerprint density at radius 1 is 0.488 bits per heavy atom. The van der Waals surface area contributed by atoms with Crippen molar-refractivity contribution < 1.29 is 22.4 Å². The number of nitrogens with zero attached hydrogens (tertiary/aromatic N) is 3. The molecular weight excluding hydrogens is 707 g/mol. The van der Waals surface area contributed by atoms with Crippen molar-refractivity contribution >= 4 is 44.6 Å². The Kier molecular flexibility index (Phi) is 8.63. The molecule has 3 nitrogen and oxygen atoms in total. The van der Waals surface area contributed by atoms with E-state index in [1.165, 1.54) is 44.6 Å². The largest absolute Gasteiger partial charge is 0.657 e. The second-order valence-electron chi connectivity index (χ2n) is 13.1. The molecule has 0 saturated heterocycles. The molecule has 4 heteroatoms. The number of rotatable bonds is 2. The van der Waals surface area contributed by atoms with E-state index in [9.17, 15) is 0 Å². The predicted molar refractivity (Wildman–Crippen MR) is 180 cm³/mol. The van der Waals surface area contributed by atoms with Gasteiger partial charge in [0.15, 0.2) is 0 Å². The van der Waals surface area contributed by atoms with Crippen molar-refractivity contribution in [2.45, 2.75) is 52.4 Å². The van der Waals surface area contributed by atoms with Gasteiger partial charge in [0.25, 0.3) is 0 Å². The zero-order chi connectivity index (χ0) is 29.5. The molecule has 6 aromatic rings. The van der Waals surface area contributed by atoms with Crippen LogP contribution >= 0.6 is 0 Å². The summed E-state index contributed by atoms with van der Waals surface area (Å²) in [5.74, 6) is 0. The molecule has 223 valence electrons. The molecule has 1 aromatic heterocycles. The SMILES string of the molecule is CC(C)(C)c1ccc2[n-]c3ccc(C(C)(C)C)cc3c2c1.[Au].c1ccc(N2[CH-]N(c3ccccc3)c3ccccc32)cc1. The molecule has 2 heterocycles. The summed E-state index contributed by atoms with van der Waals surface area (Å²) in [5, 5.41) is 2.56. The van der Waals surface area contributed by atoms with Gasteiger partial charge in [-0.25, -0.2) is 0 Å². The van der Waals surface area contributed by atoms with Crippen LogP contribution < -0.4 is 14.8 Å². The van der Waals surface area contributed by atoms with Crippen LogP contribution in [0.3, 0.4) is 0 Å². The van der Waals surface area contributed by atoms with Crippen LogP contribution in [0.2, 0.25) is 0 Å². The van der Waals surface area contributed by atoms with Crippen molar-refractivity contribution in [2.75, 3.05) is 9.80 Å². The Balaban J connectivity index is 0.000000167. The molecule has 0 bridgehead atoms. The molecule has 0 N–H and O–H groups in total. The predicted octanol–water partition coefficient (Wildman–Crippen LogP) is 10.6. The van der Waals surface area contributed by atoms with Gasteiger partial charge in [-0.2, -0.15) is 0 Å². The van der Waals surface area contributed by atoms with Crippen molar-refractivity contribution in [3.8, 4) is 0 Å². The van der Waals surface area contributed by atoms with E-state index in [-0.39, 0.29) is 33.2 Å². The van der Waals surface area contributed by atoms with Gasteiger partial charge in [-0.15, -0.1) is 17.7 Å². The Morgan fingerprint density at radius 3 is 1.23 bits per heavy atom. The maximum Gasteiger partial charge on any atom is 0.0345 e. The molecule has 0 atom stereocenters. The van der Waals surface area contributed by atoms with Crippen LogP contribution in [-0.4, -0.2) is 0 Å². The van der Waals surface area contributed by atoms with Crippen LogP contribution in [0, 0.1) is 6.67 Å². The van der Waals surface area contributed by atoms with Gasteiger partial charge < -0.3 is 14.8 Å². The Bertz CT molecular complexity index is 1690. The number of benzene rings is 5. The average Bonchev–Trinajstić information content (AvgIpc) is 3.56. The summed E-state index contributed by atoms with van der Waals surface area (Å²) in [7, 11) is 0. The summed E-state index contributed by atoms with van der Waals surface area (Å²) in [6, 6.07) is 42.7. The molecule has 0 amide bonds. The van der Waals surface area contributed by atoms with Gasteiger partial charge in [-0.1, -0.05) is 126 Å². The van der Waals surface area contributed by atoms with E-state index >= 15 is 0 Å². The quantitative estimate of drug-likeness (QED) is 0.130. The second kappa shape index (κ2) is 12.1. The summed E-state index contributed by atoms with van der Waals surface area (Å²) < 4.78 is 0. The van der Waals surface area contributed by atoms with Gasteiger partial charge in [-0.05, 0) is 69.1 Å². The molecule has 0 fully saturated rings. The number of hydrogen-bond acceptors (Lipinski definition) is 2. The van der Waals surface area contributed by atoms with Gasteiger partial charge in [0.2, 0.25) is 0 Å². The Labute approximate surface area is 272 Å². The maximum absolute atomic E-state index is 4.76. The average molecular weight is 747 g/mol. The second-order valence-corrected chi connectivity index (χ2v) is 13.1. The van der Waals surface area contributed by atoms with Crippen molar-refractivity contribution in [3.63, 3.8) is 0 Å². The number of aromatic nitrogens is 1. The topological polar surface area (TPSA) is 20.6 Å². The minimum Gasteiger partial charge on any atom is -0.657 e. The maximum atomic E-state index is 4.76. The van der Waals surface area contributed by atoms with E-state index < -0.39 is 0 Å². The fraction of sp³-hybridized carbons (Fsp3) is 0.205. The van der Waals surface area contributed by atoms with Crippen LogP contribution in [0.15, 0.2) is 121 Å². The van der Waals surface area contributed by atoms with Gasteiger partial charge in [0.05, 0.1) is 0 Å². The van der Waals surface area contributed by atoms with E-state index in [1.807, 2.05) is 12.1 Å². The van der Waals surface area contributed by atoms with Gasteiger partial charge >= 0.3 is 0 Å². The van der Waals surface area contributed by atoms with Crippen LogP contribution in [0.1, 0.15) is 52.7 Å². The number of hydrogen-bond donors (Lipinski definition) is 0. The number of anilines is 4. The monoisotopic (exact) mass is 746 g/mol. The third-order valence-electron chi connectivity index (χ3n) is 7.96. The van der Waals surface area contributed by atoms with E-state index in [4.69, 9.17) is 4.98 Å². The summed E-state index contributed by atoms with van der Waals surface area (Å²) in [4.78, 5) is 9.21. The Morgan fingerprint density at radius 2 is 0.860 bits per heavy atom. The molecule has 0 saturated carbocycles. The van der Waals surface area contributed by atoms with Crippen LogP contribution in [0.4, 0.5) is 22.7 Å². The molecule has 43 heavy (non-hydrogen) atoms. The summed E-state index contributed by atoms with van der Waals surface area (Å²) in [5.41, 5.74) is 10.0. The fourth-order valence-corrected chi connectivity index (χ4v) is 5.46. The molecule has 1 aliphatic rings. The van der Waals surface area contributed by atoms with Crippen molar-refractivity contribution in [3.05, 3.63) is 139 Å². The minimum atomic E-state index is 0. The first kappa shape index (κ1) is 30.7. The van der Waals surface area contributed by atoms with Crippen LogP contribution in [0.5, 0.6) is 0 Å². The summed E-state index contributed by atoms with van der Waals surface area (Å²) >= 11 is 0. The molecule has 1 aliphatic heterocycles. The molecule has 0 unspecified atom stereocenters. The molecule has 7 rings (SSSR count). The normalized spacial score (nSPS) is 13.0. The standard InChI is InChI=1S/C20H24N.C19H15N2.Au/c1-19(2,3)13-7-9-17-15(11-13)16-12-14(20(4,5)6)8-10-18(16)21-17;1-3-9-16(10-4-1)20-15-21(17-11-5-2-6-12-17)19-14-8-7-13-18(19)20;/h7-12H,1-6H3;1-15H;/q2*-1;. The molecule has 5 aromatic carbocycles. The molecule has 0 aliphatic carbocycles. The first-order chi connectivity index (χ1) is 20.1. The fourth-order valence-electron chi connectivity index (χ4n) is 5.46. The summed E-state index contributed by atoms with van der Waals surface area (Å²) in [6.45, 7) is 15.7. The molecule has 1 radical (unpaired) electrons. The van der Waals surface area contributed by atoms with Crippen LogP contribution in [0.25, 0.3) is 21.8 Å². The van der Waals surface area contributed by atoms with E-state index in [0.29, 0.717) is 0 Å². The molecule has 0 spiro atoms. The van der Waals surface area contributed by atoms with Crippen molar-refractivity contribution in [1.82, 2.24) is 4.98 Å². The zero-order valence-electron chi connectivity index (χ0n) is 25.8. The van der Waals surface area contributed by atoms with Gasteiger partial charge in [0, 0.05) is 45.1 Å². The van der Waals surface area contributed by atoms with E-state index in [0.717, 1.165) is 11.0 Å². The van der Waals surface area contributed by atoms with Crippen molar-refractivity contribution in [2.24, 2.45) is 0 Å². The smallest absolute Gasteiger partial charge is 0.0345 e. The third kappa shape index (κ3) is 6.31. The van der Waals surface area contributed by atoms with Gasteiger partial charge in [0.1, 0.15) is 0 Å². The Hall–Kier alpha value is -3.76. The minimum absolute atomic E-state index is 0. The number of fused-ring (bicyclic) bond motifs is 4. The van der Waals surface area contributed by atoms with Gasteiger partial charge in [-0.3, -0.25) is 0 Å². The first-order valence-electron chi connectivity index (χ1n) is 14.7. The first-order valence-corrected chi connectivity index (χ1v) is 14.7. The van der Waals surface area contributed by atoms with Crippen molar-refractivity contribution in [1.29, 1.82) is 0 Å². The summed E-state index contributed by atoms with van der Waals surface area (Å²) in [6.07, 6.45) is 0. The van der Waals surface area contributed by atoms with Crippen LogP contribution in [-0.2, 0) is 33.2 Å². The zero-order valence-corrected chi connectivity index (χ0v) is 27.9. The number of para-hydroxylation sites is 4. The molecular formula is C39H39AuN3-2. The third-order valence-corrected chi connectivity index (χ3v) is 7.96.